The van der Waals surface area contributed by atoms with Crippen molar-refractivity contribution in [2.24, 2.45) is 10.7 Å². The van der Waals surface area contributed by atoms with Crippen LogP contribution in [0.4, 0.5) is 4.79 Å². The lowest BCUT2D eigenvalue weighted by Crippen LogP contribution is -2.48. The summed E-state index contributed by atoms with van der Waals surface area (Å²) >= 11 is 3.41. The molecular formula is C21H25BrN4O2. The third kappa shape index (κ3) is 4.84. The Labute approximate surface area is 173 Å². The Morgan fingerprint density at radius 2 is 1.79 bits per heavy atom. The van der Waals surface area contributed by atoms with Gasteiger partial charge in [-0.15, -0.1) is 0 Å². The first-order valence-corrected chi connectivity index (χ1v) is 10.1. The van der Waals surface area contributed by atoms with Gasteiger partial charge in [0.1, 0.15) is 5.84 Å². The zero-order chi connectivity index (χ0) is 20.7. The summed E-state index contributed by atoms with van der Waals surface area (Å²) in [4.78, 5) is 32.2. The molecule has 0 atom stereocenters. The zero-order valence-corrected chi connectivity index (χ0v) is 17.9. The monoisotopic (exact) mass is 444 g/mol. The number of rotatable bonds is 3. The number of hydrogen-bond acceptors (Lipinski definition) is 3. The fourth-order valence-corrected chi connectivity index (χ4v) is 3.27. The lowest BCUT2D eigenvalue weighted by molar-refractivity contribution is 0.0966. The van der Waals surface area contributed by atoms with Crippen LogP contribution in [0.25, 0.3) is 0 Å². The molecule has 1 aromatic heterocycles. The van der Waals surface area contributed by atoms with Crippen LogP contribution < -0.4 is 11.1 Å². The van der Waals surface area contributed by atoms with Crippen LogP contribution in [0, 0.1) is 6.92 Å². The van der Waals surface area contributed by atoms with Gasteiger partial charge in [0.25, 0.3) is 5.91 Å². The van der Waals surface area contributed by atoms with E-state index in [9.17, 15) is 9.59 Å². The zero-order valence-electron chi connectivity index (χ0n) is 16.3. The van der Waals surface area contributed by atoms with E-state index >= 15 is 0 Å². The standard InChI is InChI=1S/C19H19BrN4O2.C2H6/c1-12-3-4-13(11-22-12)16(25)23-18(26)24-17(21)19(9-2-10-19)14-5-7-15(20)8-6-14;1-2/h3-8,11H,2,9-10H2,1H3,(H3,21,23,24,25,26);1-2H3. The molecule has 2 aromatic rings. The number of nitrogens with one attached hydrogen (secondary N) is 1. The van der Waals surface area contributed by atoms with Gasteiger partial charge in [-0.05, 0) is 49.6 Å². The van der Waals surface area contributed by atoms with Crippen LogP contribution in [0.5, 0.6) is 0 Å². The highest BCUT2D eigenvalue weighted by Crippen LogP contribution is 2.44. The second kappa shape index (κ2) is 9.59. The van der Waals surface area contributed by atoms with Gasteiger partial charge in [0.15, 0.2) is 0 Å². The van der Waals surface area contributed by atoms with Crippen molar-refractivity contribution in [2.75, 3.05) is 0 Å². The highest BCUT2D eigenvalue weighted by atomic mass is 79.9. The fourth-order valence-electron chi connectivity index (χ4n) is 3.01. The molecule has 1 aromatic carbocycles. The molecule has 3 amide bonds. The van der Waals surface area contributed by atoms with Crippen molar-refractivity contribution in [3.63, 3.8) is 0 Å². The van der Waals surface area contributed by atoms with Crippen LogP contribution in [0.1, 0.15) is 54.7 Å². The molecule has 148 valence electrons. The van der Waals surface area contributed by atoms with Crippen molar-refractivity contribution in [1.82, 2.24) is 10.3 Å². The molecule has 0 spiro atoms. The highest BCUT2D eigenvalue weighted by molar-refractivity contribution is 9.10. The van der Waals surface area contributed by atoms with Crippen molar-refractivity contribution in [3.8, 4) is 0 Å². The maximum Gasteiger partial charge on any atom is 0.349 e. The van der Waals surface area contributed by atoms with Crippen molar-refractivity contribution >= 4 is 33.7 Å². The number of pyridine rings is 1. The number of urea groups is 1. The average molecular weight is 445 g/mol. The van der Waals surface area contributed by atoms with E-state index < -0.39 is 17.4 Å². The van der Waals surface area contributed by atoms with E-state index in [2.05, 4.69) is 31.2 Å². The third-order valence-corrected chi connectivity index (χ3v) is 5.24. The normalized spacial score (nSPS) is 14.9. The average Bonchev–Trinajstić information content (AvgIpc) is 2.64. The summed E-state index contributed by atoms with van der Waals surface area (Å²) in [5.41, 5.74) is 7.84. The van der Waals surface area contributed by atoms with Crippen molar-refractivity contribution in [3.05, 3.63) is 63.9 Å². The number of carbonyl (C=O) groups is 2. The minimum absolute atomic E-state index is 0.235. The Morgan fingerprint density at radius 1 is 1.14 bits per heavy atom. The van der Waals surface area contributed by atoms with Crippen LogP contribution in [0.15, 0.2) is 52.1 Å². The summed E-state index contributed by atoms with van der Waals surface area (Å²) in [7, 11) is 0. The summed E-state index contributed by atoms with van der Waals surface area (Å²) in [6, 6.07) is 10.4. The lowest BCUT2D eigenvalue weighted by Gasteiger charge is -2.41. The fraction of sp³-hybridized carbons (Fsp3) is 0.333. The summed E-state index contributed by atoms with van der Waals surface area (Å²) in [5, 5.41) is 2.23. The van der Waals surface area contributed by atoms with E-state index in [1.807, 2.05) is 45.0 Å². The van der Waals surface area contributed by atoms with Gasteiger partial charge in [0.2, 0.25) is 0 Å². The maximum absolute atomic E-state index is 12.1. The second-order valence-corrected chi connectivity index (χ2v) is 7.30. The van der Waals surface area contributed by atoms with Crippen LogP contribution in [0.2, 0.25) is 0 Å². The van der Waals surface area contributed by atoms with E-state index in [4.69, 9.17) is 5.73 Å². The number of carbonyl (C=O) groups excluding carboxylic acids is 2. The van der Waals surface area contributed by atoms with E-state index in [0.29, 0.717) is 5.56 Å². The first-order chi connectivity index (χ1) is 13.4. The molecule has 28 heavy (non-hydrogen) atoms. The van der Waals surface area contributed by atoms with Gasteiger partial charge in [0, 0.05) is 16.4 Å². The van der Waals surface area contributed by atoms with Crippen molar-refractivity contribution in [1.29, 1.82) is 0 Å². The molecule has 1 aliphatic carbocycles. The quantitative estimate of drug-likeness (QED) is 0.537. The summed E-state index contributed by atoms with van der Waals surface area (Å²) < 4.78 is 0.973. The molecule has 6 nitrogen and oxygen atoms in total. The molecule has 1 heterocycles. The Hall–Kier alpha value is -2.54. The number of nitrogens with zero attached hydrogens (tertiary/aromatic N) is 2. The number of amides is 3. The molecule has 7 heteroatoms. The summed E-state index contributed by atoms with van der Waals surface area (Å²) in [6.07, 6.45) is 4.09. The first-order valence-electron chi connectivity index (χ1n) is 9.29. The molecular weight excluding hydrogens is 420 g/mol. The topological polar surface area (TPSA) is 97.4 Å². The smallest absolute Gasteiger partial charge is 0.349 e. The number of benzene rings is 1. The van der Waals surface area contributed by atoms with E-state index in [-0.39, 0.29) is 5.84 Å². The largest absolute Gasteiger partial charge is 0.386 e. The number of nitrogens with two attached hydrogens (primary N) is 1. The Bertz CT molecular complexity index is 857. The minimum Gasteiger partial charge on any atom is -0.386 e. The molecule has 1 saturated carbocycles. The Balaban J connectivity index is 0.00000136. The molecule has 0 unspecified atom stereocenters. The van der Waals surface area contributed by atoms with Crippen LogP contribution in [0.3, 0.4) is 0 Å². The number of aromatic nitrogens is 1. The molecule has 3 N–H and O–H groups in total. The second-order valence-electron chi connectivity index (χ2n) is 6.39. The molecule has 3 rings (SSSR count). The molecule has 0 saturated heterocycles. The van der Waals surface area contributed by atoms with Gasteiger partial charge in [-0.25, -0.2) is 4.79 Å². The molecule has 1 aliphatic rings. The third-order valence-electron chi connectivity index (χ3n) is 4.71. The number of hydrogen-bond donors (Lipinski definition) is 2. The van der Waals surface area contributed by atoms with E-state index in [1.165, 1.54) is 6.20 Å². The summed E-state index contributed by atoms with van der Waals surface area (Å²) in [5.74, 6) is -0.316. The number of amidine groups is 1. The van der Waals surface area contributed by atoms with Gasteiger partial charge >= 0.3 is 6.03 Å². The molecule has 1 fully saturated rings. The maximum atomic E-state index is 12.1. The van der Waals surface area contributed by atoms with E-state index in [0.717, 1.165) is 35.0 Å². The minimum atomic E-state index is -0.767. The lowest BCUT2D eigenvalue weighted by atomic mass is 9.63. The van der Waals surface area contributed by atoms with Gasteiger partial charge in [-0.3, -0.25) is 15.1 Å². The molecule has 0 radical (unpaired) electrons. The van der Waals surface area contributed by atoms with Crippen molar-refractivity contribution in [2.45, 2.75) is 45.4 Å². The Morgan fingerprint density at radius 3 is 2.29 bits per heavy atom. The number of halogens is 1. The van der Waals surface area contributed by atoms with Crippen LogP contribution >= 0.6 is 15.9 Å². The summed E-state index contributed by atoms with van der Waals surface area (Å²) in [6.45, 7) is 5.82. The highest BCUT2D eigenvalue weighted by Gasteiger charge is 2.42. The van der Waals surface area contributed by atoms with Gasteiger partial charge in [-0.1, -0.05) is 48.3 Å². The first kappa shape index (κ1) is 21.8. The van der Waals surface area contributed by atoms with Gasteiger partial charge in [0.05, 0.1) is 11.0 Å². The van der Waals surface area contributed by atoms with Gasteiger partial charge < -0.3 is 5.73 Å². The SMILES string of the molecule is CC.Cc1ccc(C(=O)NC(=O)/N=C(\N)C2(c3ccc(Br)cc3)CCC2)cn1. The molecule has 0 bridgehead atoms. The van der Waals surface area contributed by atoms with Crippen LogP contribution in [-0.2, 0) is 5.41 Å². The number of imide groups is 1. The number of aliphatic imine (C=N–C) groups is 1. The van der Waals surface area contributed by atoms with E-state index in [1.54, 1.807) is 12.1 Å². The van der Waals surface area contributed by atoms with Crippen molar-refractivity contribution < 1.29 is 9.59 Å². The van der Waals surface area contributed by atoms with Crippen LogP contribution in [-0.4, -0.2) is 22.8 Å². The Kier molecular flexibility index (Phi) is 7.45. The predicted octanol–water partition coefficient (Wildman–Crippen LogP) is 4.51. The van der Waals surface area contributed by atoms with Gasteiger partial charge in [-0.2, -0.15) is 4.99 Å². The molecule has 0 aliphatic heterocycles. The number of aryl methyl sites for hydroxylation is 1. The predicted molar refractivity (Wildman–Crippen MR) is 114 cm³/mol.